The van der Waals surface area contributed by atoms with Gasteiger partial charge in [-0.25, -0.2) is 19.9 Å². The van der Waals surface area contributed by atoms with E-state index in [2.05, 4.69) is 223 Å². The van der Waals surface area contributed by atoms with Gasteiger partial charge in [0.05, 0.1) is 116 Å². The molecular formula is C118H174B2Br2N8O8S8. The van der Waals surface area contributed by atoms with Gasteiger partial charge in [0, 0.05) is 65.4 Å². The van der Waals surface area contributed by atoms with Crippen LogP contribution in [-0.2, 0) is 37.8 Å². The average molecular weight is 2270 g/mol. The molecule has 28 heteroatoms. The number of fused-ring (bicyclic) bond motifs is 2. The summed E-state index contributed by atoms with van der Waals surface area (Å²) >= 11 is 19.8. The van der Waals surface area contributed by atoms with Crippen LogP contribution in [0.15, 0.2) is 103 Å². The molecule has 0 aliphatic carbocycles. The van der Waals surface area contributed by atoms with Crippen LogP contribution in [0.2, 0.25) is 0 Å². The maximum absolute atomic E-state index is 15.9. The van der Waals surface area contributed by atoms with Crippen molar-refractivity contribution in [2.75, 3.05) is 26.2 Å². The van der Waals surface area contributed by atoms with Crippen molar-refractivity contribution in [3.8, 4) is 29.4 Å². The molecule has 802 valence electrons. The number of carbonyl (C=O) groups excluding carboxylic acids is 4. The van der Waals surface area contributed by atoms with Crippen molar-refractivity contribution in [1.82, 2.24) is 39.5 Å². The van der Waals surface area contributed by atoms with Crippen molar-refractivity contribution in [1.29, 1.82) is 0 Å². The van der Waals surface area contributed by atoms with Crippen molar-refractivity contribution >= 4 is 193 Å². The Morgan fingerprint density at radius 2 is 0.514 bits per heavy atom. The number of carbonyl (C=O) groups is 4. The predicted molar refractivity (Wildman–Crippen MR) is 635 cm³/mol. The van der Waals surface area contributed by atoms with Gasteiger partial charge in [0.25, 0.3) is 23.6 Å². The monoisotopic (exact) mass is 2270 g/mol. The molecule has 8 aromatic rings. The normalized spacial score (nSPS) is 17.2. The molecule has 0 radical (unpaired) electrons. The number of unbranched alkanes of at least 4 members (excludes halogenated alkanes) is 32. The zero-order valence-electron chi connectivity index (χ0n) is 92.0. The summed E-state index contributed by atoms with van der Waals surface area (Å²) in [6, 6.07) is 17.1. The van der Waals surface area contributed by atoms with Gasteiger partial charge in [-0.15, -0.1) is 90.7 Å². The SMILES string of the molecule is Brc1ncc(-c2cnc(Br)s2)s1.CCCCCCCCC(CCCCCC)CN1C(=O)C2=C(c3ccc(-c4ncc(-c5cnc(C)s5)s4)s3)N(CC(CCCCCC)CCCCCCCC)C(=O)C2=C1c1ccc(C)s1.CCCCCCCCC(CCCCCC)CN1C(=O)C2=C(c3ccc(B4OC(C)(C)C(C)(C)O4)s3)N(CC(CCCCCC)CCCCCCCC)C(=O)C2=C1c1ccc(B2OC(C)(C)C(C)(C)O2)s1. The molecule has 146 heavy (non-hydrogen) atoms. The number of hydrogen-bond acceptors (Lipinski definition) is 20. The van der Waals surface area contributed by atoms with E-state index in [1.807, 2.05) is 41.5 Å². The fourth-order valence-corrected chi connectivity index (χ4v) is 29.6. The van der Waals surface area contributed by atoms with Gasteiger partial charge >= 0.3 is 14.2 Å². The molecule has 0 aromatic carbocycles. The van der Waals surface area contributed by atoms with Gasteiger partial charge < -0.3 is 38.2 Å². The molecule has 16 nitrogen and oxygen atoms in total. The molecule has 0 saturated carbocycles. The van der Waals surface area contributed by atoms with Crippen LogP contribution < -0.4 is 9.55 Å². The van der Waals surface area contributed by atoms with E-state index in [0.29, 0.717) is 72.1 Å². The van der Waals surface area contributed by atoms with Crippen LogP contribution in [0.4, 0.5) is 0 Å². The highest BCUT2D eigenvalue weighted by molar-refractivity contribution is 9.11. The van der Waals surface area contributed by atoms with E-state index in [4.69, 9.17) is 23.6 Å². The number of nitrogens with zero attached hydrogens (tertiary/aromatic N) is 8. The number of aromatic nitrogens is 4. The lowest BCUT2D eigenvalue weighted by molar-refractivity contribution is -0.124. The number of amides is 4. The van der Waals surface area contributed by atoms with Crippen molar-refractivity contribution in [2.24, 2.45) is 23.7 Å². The van der Waals surface area contributed by atoms with E-state index in [-0.39, 0.29) is 23.6 Å². The van der Waals surface area contributed by atoms with Crippen molar-refractivity contribution < 1.29 is 37.8 Å². The maximum Gasteiger partial charge on any atom is 0.505 e. The first kappa shape index (κ1) is 120. The predicted octanol–water partition coefficient (Wildman–Crippen LogP) is 35.8. The molecule has 14 heterocycles. The smallest absolute Gasteiger partial charge is 0.399 e. The minimum atomic E-state index is -0.532. The Kier molecular flexibility index (Phi) is 48.9. The molecule has 0 N–H and O–H groups in total. The summed E-state index contributed by atoms with van der Waals surface area (Å²) in [6.45, 7) is 41.6. The second-order valence-corrected chi connectivity index (χ2v) is 55.5. The quantitative estimate of drug-likeness (QED) is 0.0261. The van der Waals surface area contributed by atoms with Gasteiger partial charge in [-0.1, -0.05) is 324 Å². The van der Waals surface area contributed by atoms with Crippen molar-refractivity contribution in [3.63, 3.8) is 0 Å². The second kappa shape index (κ2) is 59.7. The molecule has 0 bridgehead atoms. The molecule has 4 unspecified atom stereocenters. The number of thiazole rings is 4. The van der Waals surface area contributed by atoms with E-state index in [9.17, 15) is 0 Å². The first-order chi connectivity index (χ1) is 70.4. The van der Waals surface area contributed by atoms with Gasteiger partial charge in [-0.2, -0.15) is 0 Å². The van der Waals surface area contributed by atoms with Gasteiger partial charge in [-0.05, 0) is 213 Å². The number of aryl methyl sites for hydroxylation is 2. The molecular weight excluding hydrogens is 2100 g/mol. The van der Waals surface area contributed by atoms with Gasteiger partial charge in [0.2, 0.25) is 0 Å². The van der Waals surface area contributed by atoms with E-state index in [1.165, 1.54) is 236 Å². The summed E-state index contributed by atoms with van der Waals surface area (Å²) in [6.07, 6.45) is 65.9. The Hall–Kier alpha value is -4.91. The summed E-state index contributed by atoms with van der Waals surface area (Å²) in [5.41, 5.74) is 3.70. The molecule has 6 aliphatic rings. The van der Waals surface area contributed by atoms with Crippen LogP contribution in [0.1, 0.15) is 448 Å². The van der Waals surface area contributed by atoms with Crippen LogP contribution in [0.25, 0.3) is 52.2 Å². The Labute approximate surface area is 929 Å². The molecule has 0 spiro atoms. The number of thiophene rings is 4. The van der Waals surface area contributed by atoms with Crippen LogP contribution in [0.5, 0.6) is 0 Å². The van der Waals surface area contributed by atoms with Crippen molar-refractivity contribution in [3.05, 3.63) is 133 Å². The largest absolute Gasteiger partial charge is 0.505 e. The first-order valence-corrected chi connectivity index (χ1v) is 65.0. The zero-order valence-corrected chi connectivity index (χ0v) is 102. The number of hydrogen-bond donors (Lipinski definition) is 0. The first-order valence-electron chi connectivity index (χ1n) is 56.9. The van der Waals surface area contributed by atoms with Crippen molar-refractivity contribution in [2.45, 2.75) is 455 Å². The Balaban J connectivity index is 0.000000233. The standard InChI is InChI=1S/C58H94B2N2O6S2.C54H78N4O2S4.C6H2Br2N2S2/c1-13-17-21-25-27-31-35-43(33-29-23-19-15-3)41-61-51(45-37-39-47(69-45)59-65-55(5,6)56(7,8)66-59)49-50(53(61)63)52(46-38-40-48(70-46)60-67-57(9,10)58(11,12)68-60)62(54(49)64)42-44(34-30-24-20-16-4)36-32-28-26-22-18-14-2;1-7-11-15-19-21-25-29-41(27-23-17-13-9-3)37-57-50(43-32-31-39(5)61-43)48-49(54(57)60)51(44-33-34-45(63-44)52-56-36-47(64-52)46-35-55-40(6)62-46)58(53(48)59)38-42(28-24-18-14-10-4)30-26-22-20-16-12-8-2;7-5-9-1-3(11-5)4-2-10-6(8)12-4/h37-40,43-44H,13-36,41-42H2,1-12H3;31-36,41-42H,7-30,37-38H2,1-6H3;1-2H. The summed E-state index contributed by atoms with van der Waals surface area (Å²) < 4.78 is 30.1. The van der Waals surface area contributed by atoms with Gasteiger partial charge in [0.15, 0.2) is 7.83 Å². The highest BCUT2D eigenvalue weighted by Crippen LogP contribution is 2.54. The Morgan fingerprint density at radius 3 is 0.788 bits per heavy atom. The molecule has 14 rings (SSSR count). The van der Waals surface area contributed by atoms with Crippen LogP contribution in [0.3, 0.4) is 0 Å². The molecule has 2 saturated heterocycles. The third-order valence-corrected chi connectivity index (χ3v) is 40.9. The minimum absolute atomic E-state index is 0.0193. The fourth-order valence-electron chi connectivity index (χ4n) is 21.1. The third kappa shape index (κ3) is 32.6. The van der Waals surface area contributed by atoms with E-state index in [0.717, 1.165) is 171 Å². The van der Waals surface area contributed by atoms with E-state index >= 15 is 19.2 Å². The molecule has 4 amide bonds. The number of rotatable bonds is 65. The summed E-state index contributed by atoms with van der Waals surface area (Å²) in [4.78, 5) is 99.3. The molecule has 4 atom stereocenters. The Morgan fingerprint density at radius 1 is 0.274 bits per heavy atom. The topological polar surface area (TPSA) is 170 Å². The van der Waals surface area contributed by atoms with E-state index < -0.39 is 36.6 Å². The average Bonchev–Trinajstić information content (AvgIpc) is 1.55. The van der Waals surface area contributed by atoms with E-state index in [1.54, 1.807) is 90.7 Å². The minimum Gasteiger partial charge on any atom is -0.399 e. The van der Waals surface area contributed by atoms with Gasteiger partial charge in [0.1, 0.15) is 5.01 Å². The zero-order chi connectivity index (χ0) is 105. The lowest BCUT2D eigenvalue weighted by Crippen LogP contribution is -2.41. The third-order valence-electron chi connectivity index (χ3n) is 31.1. The summed E-state index contributed by atoms with van der Waals surface area (Å²) in [5.74, 6) is 1.41. The number of halogens is 2. The van der Waals surface area contributed by atoms with Crippen LogP contribution in [0, 0.1) is 37.5 Å². The molecule has 6 aliphatic heterocycles. The van der Waals surface area contributed by atoms with Gasteiger partial charge in [-0.3, -0.25) is 19.2 Å². The fraction of sp³-hybridized carbons (Fsp3) is 0.661. The maximum atomic E-state index is 15.9. The van der Waals surface area contributed by atoms with Crippen LogP contribution in [-0.4, -0.2) is 126 Å². The lowest BCUT2D eigenvalue weighted by atomic mass is 9.88. The molecule has 8 aromatic heterocycles. The highest BCUT2D eigenvalue weighted by atomic mass is 79.9. The highest BCUT2D eigenvalue weighted by Gasteiger charge is 2.57. The molecule has 2 fully saturated rings. The lowest BCUT2D eigenvalue weighted by Gasteiger charge is -2.32. The van der Waals surface area contributed by atoms with Crippen LogP contribution >= 0.6 is 123 Å². The second-order valence-electron chi connectivity index (χ2n) is 44.0. The summed E-state index contributed by atoms with van der Waals surface area (Å²) in [7, 11) is -1.06. The summed E-state index contributed by atoms with van der Waals surface area (Å²) in [5, 5.41) is 2.01. The Bertz CT molecular complexity index is 5310.